The summed E-state index contributed by atoms with van der Waals surface area (Å²) in [6.45, 7) is 2.54. The van der Waals surface area contributed by atoms with E-state index in [9.17, 15) is 37.5 Å². The summed E-state index contributed by atoms with van der Waals surface area (Å²) < 4.78 is 67.0. The van der Waals surface area contributed by atoms with Gasteiger partial charge in [-0.3, -0.25) is 4.79 Å². The first-order chi connectivity index (χ1) is 31.6. The molecule has 4 aliphatic heterocycles. The van der Waals surface area contributed by atoms with Gasteiger partial charge in [-0.2, -0.15) is 17.0 Å². The minimum atomic E-state index is -4.42. The molecule has 3 fully saturated rings. The van der Waals surface area contributed by atoms with E-state index in [-0.39, 0.29) is 64.5 Å². The second kappa shape index (κ2) is 20.6. The summed E-state index contributed by atoms with van der Waals surface area (Å²) in [5.74, 6) is -1.19. The Morgan fingerprint density at radius 3 is 1.80 bits per heavy atom. The number of likely N-dealkylation sites (tertiary alicyclic amines) is 1. The van der Waals surface area contributed by atoms with Gasteiger partial charge < -0.3 is 48.1 Å². The average molecular weight is 953 g/mol. The SMILES string of the molecule is COc1ccc(COC(=O)OC(=O)C2=C(S[C@H]3C[C@@H](CN4CCCN(C(=O)OCc5ccc(OC)cc5)S4(=O)=O)N(C(=O)OCc4ccc(OC)cc4)C3)[C@H](C)[C@@H]3[C@@H]([C@@H](C)O)C(=O)N23)cc1. The standard InChI is InChI=1S/C45H52N4O15S2/c1-27-38-37(28(2)50)41(51)49(38)39(42(52)64-45(55)63-26-31-11-17-35(60-5)18-12-31)40(27)65-36-21-32(47(23-36)43(53)61-24-29-7-13-33(58-3)14-8-29)22-46-19-6-20-48(66(46,56)57)44(54)62-25-30-9-15-34(59-4)16-10-30/h7-18,27-28,32,36-38,50H,6,19-26H2,1-5H3/t27-,28-,32+,36+,37-,38-/m1/s1. The van der Waals surface area contributed by atoms with Crippen LogP contribution >= 0.6 is 11.8 Å². The topological polar surface area (TPSA) is 217 Å². The Hall–Kier alpha value is -6.03. The van der Waals surface area contributed by atoms with Gasteiger partial charge in [0.1, 0.15) is 42.8 Å². The van der Waals surface area contributed by atoms with Crippen LogP contribution in [0.25, 0.3) is 0 Å². The number of rotatable bonds is 15. The molecule has 6 atom stereocenters. The minimum Gasteiger partial charge on any atom is -0.497 e. The fraction of sp³-hybridized carbons (Fsp3) is 0.444. The molecular formula is C45H52N4O15S2. The van der Waals surface area contributed by atoms with E-state index in [4.69, 9.17) is 33.2 Å². The summed E-state index contributed by atoms with van der Waals surface area (Å²) in [5.41, 5.74) is 1.71. The van der Waals surface area contributed by atoms with Crippen molar-refractivity contribution in [3.8, 4) is 17.2 Å². The molecule has 0 aliphatic carbocycles. The molecule has 0 spiro atoms. The molecular weight excluding hydrogens is 901 g/mol. The number of β-lactam (4-membered cyclic amide) rings is 1. The number of fused-ring (bicyclic) bond motifs is 1. The fourth-order valence-electron chi connectivity index (χ4n) is 8.48. The predicted octanol–water partition coefficient (Wildman–Crippen LogP) is 5.06. The largest absolute Gasteiger partial charge is 0.516 e. The van der Waals surface area contributed by atoms with Crippen molar-refractivity contribution in [2.75, 3.05) is 47.5 Å². The van der Waals surface area contributed by atoms with Gasteiger partial charge in [0.25, 0.3) is 0 Å². The van der Waals surface area contributed by atoms with Crippen molar-refractivity contribution in [1.82, 2.24) is 18.4 Å². The van der Waals surface area contributed by atoms with Crippen molar-refractivity contribution in [1.29, 1.82) is 0 Å². The van der Waals surface area contributed by atoms with Gasteiger partial charge in [0.05, 0.1) is 45.4 Å². The van der Waals surface area contributed by atoms with Crippen LogP contribution in [0.15, 0.2) is 83.4 Å². The van der Waals surface area contributed by atoms with Crippen molar-refractivity contribution >= 4 is 52.2 Å². The summed E-state index contributed by atoms with van der Waals surface area (Å²) in [7, 11) is 0.143. The fourth-order valence-corrected chi connectivity index (χ4v) is 11.6. The second-order valence-corrected chi connectivity index (χ2v) is 19.3. The smallest absolute Gasteiger partial charge is 0.497 e. The van der Waals surface area contributed by atoms with Gasteiger partial charge >= 0.3 is 34.5 Å². The number of esters is 1. The van der Waals surface area contributed by atoms with Crippen LogP contribution in [0.2, 0.25) is 0 Å². The summed E-state index contributed by atoms with van der Waals surface area (Å²) in [5, 5.41) is 10.1. The lowest BCUT2D eigenvalue weighted by Gasteiger charge is -2.46. The highest BCUT2D eigenvalue weighted by Crippen LogP contribution is 2.52. The molecule has 4 aliphatic rings. The van der Waals surface area contributed by atoms with Gasteiger partial charge in [-0.05, 0) is 72.9 Å². The molecule has 3 aromatic carbocycles. The Kier molecular flexibility index (Phi) is 15.0. The van der Waals surface area contributed by atoms with Crippen LogP contribution in [0, 0.1) is 11.8 Å². The van der Waals surface area contributed by atoms with E-state index in [0.717, 1.165) is 4.31 Å². The highest BCUT2D eigenvalue weighted by atomic mass is 32.2. The monoisotopic (exact) mass is 952 g/mol. The summed E-state index contributed by atoms with van der Waals surface area (Å²) >= 11 is 1.20. The lowest BCUT2D eigenvalue weighted by molar-refractivity contribution is -0.163. The predicted molar refractivity (Wildman–Crippen MR) is 236 cm³/mol. The molecule has 4 heterocycles. The highest BCUT2D eigenvalue weighted by Gasteiger charge is 2.61. The molecule has 7 rings (SSSR count). The molecule has 0 bridgehead atoms. The number of ether oxygens (including phenoxy) is 7. The Morgan fingerprint density at radius 1 is 0.773 bits per heavy atom. The van der Waals surface area contributed by atoms with Crippen LogP contribution in [0.3, 0.4) is 0 Å². The molecule has 0 unspecified atom stereocenters. The van der Waals surface area contributed by atoms with Crippen molar-refractivity contribution in [2.24, 2.45) is 11.8 Å². The van der Waals surface area contributed by atoms with Gasteiger partial charge in [-0.15, -0.1) is 11.8 Å². The first-order valence-electron chi connectivity index (χ1n) is 21.2. The Balaban J connectivity index is 1.10. The Morgan fingerprint density at radius 2 is 1.29 bits per heavy atom. The maximum atomic E-state index is 14.1. The van der Waals surface area contributed by atoms with E-state index >= 15 is 0 Å². The Bertz CT molecular complexity index is 2420. The number of thioether (sulfide) groups is 1. The number of carbonyl (C=O) groups excluding carboxylic acids is 5. The highest BCUT2D eigenvalue weighted by molar-refractivity contribution is 8.03. The zero-order valence-corrected chi connectivity index (χ0v) is 38.7. The summed E-state index contributed by atoms with van der Waals surface area (Å²) in [4.78, 5) is 70.6. The molecule has 0 saturated carbocycles. The van der Waals surface area contributed by atoms with Crippen LogP contribution in [0.5, 0.6) is 17.2 Å². The number of hydrogen-bond donors (Lipinski definition) is 1. The van der Waals surface area contributed by atoms with E-state index < -0.39 is 75.7 Å². The van der Waals surface area contributed by atoms with Gasteiger partial charge in [0, 0.05) is 42.3 Å². The van der Waals surface area contributed by atoms with Gasteiger partial charge in [-0.1, -0.05) is 43.3 Å². The van der Waals surface area contributed by atoms with E-state index in [1.165, 1.54) is 49.8 Å². The molecule has 3 aromatic rings. The van der Waals surface area contributed by atoms with E-state index in [2.05, 4.69) is 0 Å². The van der Waals surface area contributed by atoms with Crippen LogP contribution < -0.4 is 14.2 Å². The lowest BCUT2D eigenvalue weighted by atomic mass is 9.79. The van der Waals surface area contributed by atoms with Crippen LogP contribution in [0.4, 0.5) is 14.4 Å². The number of nitrogens with zero attached hydrogens (tertiary/aromatic N) is 4. The first kappa shape index (κ1) is 47.9. The molecule has 21 heteroatoms. The molecule has 354 valence electrons. The zero-order valence-electron chi connectivity index (χ0n) is 37.0. The quantitative estimate of drug-likeness (QED) is 0.0911. The molecule has 0 radical (unpaired) electrons. The maximum absolute atomic E-state index is 14.1. The van der Waals surface area contributed by atoms with Crippen LogP contribution in [0.1, 0.15) is 43.4 Å². The maximum Gasteiger partial charge on any atom is 0.516 e. The molecule has 66 heavy (non-hydrogen) atoms. The van der Waals surface area contributed by atoms with E-state index in [1.807, 2.05) is 0 Å². The number of carbonyl (C=O) groups is 5. The molecule has 3 saturated heterocycles. The molecule has 19 nitrogen and oxygen atoms in total. The van der Waals surface area contributed by atoms with Crippen molar-refractivity contribution in [3.05, 3.63) is 100 Å². The number of aliphatic hydroxyl groups is 1. The third-order valence-electron chi connectivity index (χ3n) is 11.9. The minimum absolute atomic E-state index is 0.0270. The number of hydrogen-bond acceptors (Lipinski definition) is 16. The molecule has 3 amide bonds. The molecule has 0 aromatic heterocycles. The van der Waals surface area contributed by atoms with E-state index in [1.54, 1.807) is 79.7 Å². The molecule has 1 N–H and O–H groups in total. The normalized spacial score (nSPS) is 22.8. The van der Waals surface area contributed by atoms with Crippen LogP contribution in [-0.4, -0.2) is 133 Å². The Labute approximate surface area is 386 Å². The van der Waals surface area contributed by atoms with Gasteiger partial charge in [0.15, 0.2) is 0 Å². The number of benzene rings is 3. The van der Waals surface area contributed by atoms with Crippen LogP contribution in [-0.2, 0) is 58.6 Å². The third-order valence-corrected chi connectivity index (χ3v) is 15.3. The van der Waals surface area contributed by atoms with Crippen molar-refractivity contribution in [3.63, 3.8) is 0 Å². The second-order valence-electron chi connectivity index (χ2n) is 16.1. The third kappa shape index (κ3) is 10.3. The number of aliphatic hydroxyl groups excluding tert-OH is 1. The van der Waals surface area contributed by atoms with Crippen molar-refractivity contribution < 1.29 is 70.7 Å². The lowest BCUT2D eigenvalue weighted by Crippen LogP contribution is -2.63. The van der Waals surface area contributed by atoms with Crippen molar-refractivity contribution in [2.45, 2.75) is 69.9 Å². The number of amides is 3. The summed E-state index contributed by atoms with van der Waals surface area (Å²) in [6, 6.07) is 19.0. The first-order valence-corrected chi connectivity index (χ1v) is 23.5. The van der Waals surface area contributed by atoms with Gasteiger partial charge in [-0.25, -0.2) is 19.2 Å². The average Bonchev–Trinajstić information content (AvgIpc) is 3.82. The number of methoxy groups -OCH3 is 3. The summed E-state index contributed by atoms with van der Waals surface area (Å²) in [6.07, 6.45) is -3.64. The zero-order chi connectivity index (χ0) is 47.3. The van der Waals surface area contributed by atoms with Gasteiger partial charge in [0.2, 0.25) is 5.91 Å². The van der Waals surface area contributed by atoms with E-state index in [0.29, 0.717) is 43.1 Å².